The van der Waals surface area contributed by atoms with Gasteiger partial charge in [-0.15, -0.1) is 0 Å². The van der Waals surface area contributed by atoms with Crippen molar-refractivity contribution in [1.82, 2.24) is 4.90 Å². The van der Waals surface area contributed by atoms with Crippen LogP contribution in [0.4, 0.5) is 10.1 Å². The third kappa shape index (κ3) is 3.96. The number of ketones is 2. The lowest BCUT2D eigenvalue weighted by Crippen LogP contribution is -2.49. The van der Waals surface area contributed by atoms with E-state index in [0.717, 1.165) is 11.1 Å². The Balaban J connectivity index is 1.47. The minimum Gasteiger partial charge on any atom is -0.490 e. The van der Waals surface area contributed by atoms with E-state index in [1.807, 2.05) is 65.7 Å². The van der Waals surface area contributed by atoms with Gasteiger partial charge in [-0.25, -0.2) is 4.39 Å². The first kappa shape index (κ1) is 26.6. The van der Waals surface area contributed by atoms with Gasteiger partial charge in [0.05, 0.1) is 12.0 Å². The van der Waals surface area contributed by atoms with E-state index in [1.165, 1.54) is 24.3 Å². The number of amides is 1. The lowest BCUT2D eigenvalue weighted by Gasteiger charge is -2.38. The summed E-state index contributed by atoms with van der Waals surface area (Å²) >= 11 is 0. The highest BCUT2D eigenvalue weighted by Gasteiger charge is 2.70. The molecule has 4 aromatic rings. The van der Waals surface area contributed by atoms with Crippen molar-refractivity contribution >= 4 is 29.2 Å². The van der Waals surface area contributed by atoms with Gasteiger partial charge in [-0.1, -0.05) is 55.1 Å². The van der Waals surface area contributed by atoms with E-state index in [4.69, 9.17) is 4.74 Å². The SMILES string of the molecule is C=CCOc1ccc(C(=O)[C@@H]2[C@H](C(=O)c3ccc(F)cc3)N3C=Cc4ccccc4[C@H]3[C@]23C(=O)Nc2ccccc23)cc1. The zero-order valence-electron chi connectivity index (χ0n) is 23.1. The number of anilines is 1. The van der Waals surface area contributed by atoms with Crippen LogP contribution in [0.3, 0.4) is 0 Å². The predicted octanol–water partition coefficient (Wildman–Crippen LogP) is 6.37. The van der Waals surface area contributed by atoms with E-state index in [2.05, 4.69) is 11.9 Å². The van der Waals surface area contributed by atoms with Gasteiger partial charge in [0, 0.05) is 23.0 Å². The second kappa shape index (κ2) is 10.2. The third-order valence-corrected chi connectivity index (χ3v) is 8.76. The van der Waals surface area contributed by atoms with E-state index in [1.54, 1.807) is 30.3 Å². The molecule has 1 spiro atoms. The van der Waals surface area contributed by atoms with Crippen molar-refractivity contribution in [2.75, 3.05) is 11.9 Å². The van der Waals surface area contributed by atoms with Crippen LogP contribution in [-0.2, 0) is 10.2 Å². The maximum Gasteiger partial charge on any atom is 0.238 e. The normalized spacial score (nSPS) is 22.9. The summed E-state index contributed by atoms with van der Waals surface area (Å²) in [5, 5.41) is 3.04. The largest absolute Gasteiger partial charge is 0.490 e. The molecule has 212 valence electrons. The molecule has 43 heavy (non-hydrogen) atoms. The summed E-state index contributed by atoms with van der Waals surface area (Å²) in [5.41, 5.74) is 2.20. The van der Waals surface area contributed by atoms with Gasteiger partial charge in [0.1, 0.15) is 29.6 Å². The number of halogens is 1. The summed E-state index contributed by atoms with van der Waals surface area (Å²) < 4.78 is 19.5. The number of fused-ring (bicyclic) bond motifs is 6. The number of hydrogen-bond donors (Lipinski definition) is 1. The Morgan fingerprint density at radius 2 is 1.58 bits per heavy atom. The molecule has 1 saturated heterocycles. The molecule has 0 radical (unpaired) electrons. The highest BCUT2D eigenvalue weighted by Crippen LogP contribution is 2.62. The smallest absolute Gasteiger partial charge is 0.238 e. The van der Waals surface area contributed by atoms with Gasteiger partial charge in [0.2, 0.25) is 5.91 Å². The van der Waals surface area contributed by atoms with Crippen molar-refractivity contribution in [2.45, 2.75) is 17.5 Å². The molecule has 4 aromatic carbocycles. The number of rotatable bonds is 7. The van der Waals surface area contributed by atoms with Crippen LogP contribution in [0.1, 0.15) is 43.4 Å². The van der Waals surface area contributed by atoms with E-state index >= 15 is 0 Å². The molecule has 1 amide bonds. The van der Waals surface area contributed by atoms with E-state index in [0.29, 0.717) is 29.2 Å². The molecule has 1 fully saturated rings. The summed E-state index contributed by atoms with van der Waals surface area (Å²) in [4.78, 5) is 45.7. The van der Waals surface area contributed by atoms with E-state index in [9.17, 15) is 18.8 Å². The highest BCUT2D eigenvalue weighted by molar-refractivity contribution is 6.16. The summed E-state index contributed by atoms with van der Waals surface area (Å²) in [6, 6.07) is 25.4. The minimum atomic E-state index is -1.44. The number of nitrogens with one attached hydrogen (secondary N) is 1. The Morgan fingerprint density at radius 1 is 0.907 bits per heavy atom. The van der Waals surface area contributed by atoms with Gasteiger partial charge in [-0.2, -0.15) is 0 Å². The molecule has 0 aromatic heterocycles. The van der Waals surface area contributed by atoms with Crippen molar-refractivity contribution in [2.24, 2.45) is 5.92 Å². The van der Waals surface area contributed by atoms with Crippen LogP contribution in [0, 0.1) is 11.7 Å². The predicted molar refractivity (Wildman–Crippen MR) is 161 cm³/mol. The van der Waals surface area contributed by atoms with Crippen LogP contribution in [0.25, 0.3) is 6.08 Å². The summed E-state index contributed by atoms with van der Waals surface area (Å²) in [6.07, 6.45) is 5.35. The van der Waals surface area contributed by atoms with Gasteiger partial charge in [-0.05, 0) is 77.4 Å². The maximum absolute atomic E-state index is 14.8. The van der Waals surface area contributed by atoms with Crippen molar-refractivity contribution < 1.29 is 23.5 Å². The van der Waals surface area contributed by atoms with Gasteiger partial charge in [0.15, 0.2) is 11.6 Å². The Kier molecular flexibility index (Phi) is 6.31. The molecular formula is C36H27FN2O4. The zero-order chi connectivity index (χ0) is 29.7. The standard InChI is InChI=1S/C36H27FN2O4/c1-2-21-43-26-17-13-23(14-18-26)32(40)30-31(33(41)24-11-15-25(37)16-12-24)39-20-19-22-7-3-4-8-27(22)34(39)36(30)28-9-5-6-10-29(28)38-35(36)42/h2-20,30-31,34H,1,21H2,(H,38,42)/t30-,31+,34-,36+/m0/s1. The molecular weight excluding hydrogens is 543 g/mol. The Bertz CT molecular complexity index is 1810. The average molecular weight is 571 g/mol. The van der Waals surface area contributed by atoms with Crippen LogP contribution >= 0.6 is 0 Å². The molecule has 3 aliphatic rings. The van der Waals surface area contributed by atoms with Crippen LogP contribution in [0.5, 0.6) is 5.75 Å². The number of nitrogens with zero attached hydrogens (tertiary/aromatic N) is 1. The first-order valence-corrected chi connectivity index (χ1v) is 14.1. The molecule has 7 rings (SSSR count). The minimum absolute atomic E-state index is 0.257. The number of ether oxygens (including phenoxy) is 1. The van der Waals surface area contributed by atoms with Crippen LogP contribution in [-0.4, -0.2) is 35.0 Å². The van der Waals surface area contributed by atoms with Gasteiger partial charge in [0.25, 0.3) is 0 Å². The Labute approximate surface area is 248 Å². The molecule has 6 nitrogen and oxygen atoms in total. The molecule has 0 saturated carbocycles. The van der Waals surface area contributed by atoms with Gasteiger partial charge in [-0.3, -0.25) is 14.4 Å². The lowest BCUT2D eigenvalue weighted by atomic mass is 9.62. The van der Waals surface area contributed by atoms with Crippen LogP contribution in [0.15, 0.2) is 116 Å². The van der Waals surface area contributed by atoms with Crippen LogP contribution in [0.2, 0.25) is 0 Å². The maximum atomic E-state index is 14.8. The fraction of sp³-hybridized carbons (Fsp3) is 0.139. The number of carbonyl (C=O) groups is 3. The van der Waals surface area contributed by atoms with Gasteiger partial charge < -0.3 is 15.0 Å². The summed E-state index contributed by atoms with van der Waals surface area (Å²) in [6.45, 7) is 3.98. The number of hydrogen-bond acceptors (Lipinski definition) is 5. The Morgan fingerprint density at radius 3 is 2.35 bits per heavy atom. The fourth-order valence-corrected chi connectivity index (χ4v) is 7.00. The lowest BCUT2D eigenvalue weighted by molar-refractivity contribution is -0.122. The van der Waals surface area contributed by atoms with Gasteiger partial charge >= 0.3 is 0 Å². The summed E-state index contributed by atoms with van der Waals surface area (Å²) in [7, 11) is 0. The number of para-hydroxylation sites is 1. The first-order valence-electron chi connectivity index (χ1n) is 14.1. The van der Waals surface area contributed by atoms with Crippen molar-refractivity contribution in [1.29, 1.82) is 0 Å². The molecule has 0 bridgehead atoms. The van der Waals surface area contributed by atoms with Crippen LogP contribution < -0.4 is 10.1 Å². The monoisotopic (exact) mass is 570 g/mol. The third-order valence-electron chi connectivity index (χ3n) is 8.76. The highest BCUT2D eigenvalue weighted by atomic mass is 19.1. The molecule has 0 unspecified atom stereocenters. The second-order valence-electron chi connectivity index (χ2n) is 10.9. The molecule has 0 aliphatic carbocycles. The first-order chi connectivity index (χ1) is 20.9. The van der Waals surface area contributed by atoms with Crippen molar-refractivity contribution in [3.05, 3.63) is 150 Å². The number of Topliss-reactive ketones (excluding diaryl/α,β-unsaturated/α-hetero) is 2. The zero-order valence-corrected chi connectivity index (χ0v) is 23.1. The number of benzene rings is 4. The number of carbonyl (C=O) groups excluding carboxylic acids is 3. The van der Waals surface area contributed by atoms with Crippen molar-refractivity contribution in [3.63, 3.8) is 0 Å². The molecule has 3 aliphatic heterocycles. The Hall–Kier alpha value is -5.30. The quantitative estimate of drug-likeness (QED) is 0.206. The van der Waals surface area contributed by atoms with E-state index in [-0.39, 0.29) is 23.0 Å². The fourth-order valence-electron chi connectivity index (χ4n) is 7.00. The topological polar surface area (TPSA) is 75.7 Å². The summed E-state index contributed by atoms with van der Waals surface area (Å²) in [5.74, 6) is -2.08. The van der Waals surface area contributed by atoms with Crippen molar-refractivity contribution in [3.8, 4) is 5.75 Å². The van der Waals surface area contributed by atoms with E-state index < -0.39 is 29.2 Å². The molecule has 7 heteroatoms. The molecule has 1 N–H and O–H groups in total. The molecule has 4 atom stereocenters. The average Bonchev–Trinajstić information content (AvgIpc) is 3.52. The molecule has 3 heterocycles. The second-order valence-corrected chi connectivity index (χ2v) is 10.9.